The van der Waals surface area contributed by atoms with E-state index in [1.165, 1.54) is 38.5 Å². The molecule has 2 heteroatoms. The van der Waals surface area contributed by atoms with Crippen molar-refractivity contribution >= 4 is 12.0 Å². The van der Waals surface area contributed by atoms with Gasteiger partial charge in [-0.2, -0.15) is 0 Å². The van der Waals surface area contributed by atoms with E-state index in [1.807, 2.05) is 18.2 Å². The second kappa shape index (κ2) is 9.37. The maximum Gasteiger partial charge on any atom is 0.336 e. The van der Waals surface area contributed by atoms with Crippen LogP contribution >= 0.6 is 0 Å². The van der Waals surface area contributed by atoms with Gasteiger partial charge in [0, 0.05) is 0 Å². The number of rotatable bonds is 9. The van der Waals surface area contributed by atoms with Crippen LogP contribution < -0.4 is 0 Å². The monoisotopic (exact) mass is 260 g/mol. The third-order valence-corrected chi connectivity index (χ3v) is 3.21. The summed E-state index contributed by atoms with van der Waals surface area (Å²) >= 11 is 0. The zero-order chi connectivity index (χ0) is 13.9. The summed E-state index contributed by atoms with van der Waals surface area (Å²) in [4.78, 5) is 11.0. The predicted octanol–water partition coefficient (Wildman–Crippen LogP) is 5.15. The molecule has 0 unspecified atom stereocenters. The van der Waals surface area contributed by atoms with Crippen molar-refractivity contribution in [3.05, 3.63) is 41.5 Å². The molecule has 19 heavy (non-hydrogen) atoms. The zero-order valence-corrected chi connectivity index (χ0v) is 11.8. The second-order valence-electron chi connectivity index (χ2n) is 4.85. The van der Waals surface area contributed by atoms with Gasteiger partial charge in [-0.15, -0.1) is 0 Å². The highest BCUT2D eigenvalue weighted by Gasteiger charge is 2.05. The maximum atomic E-state index is 11.0. The standard InChI is InChI=1S/C17H24O2/c1-2-3-4-5-6-7-8-9-12-15-13-10-11-14-16(15)17(18)19/h9-14H,2-8H2,1H3,(H,18,19). The molecule has 0 spiro atoms. The van der Waals surface area contributed by atoms with E-state index in [0.717, 1.165) is 12.0 Å². The Morgan fingerprint density at radius 2 is 1.79 bits per heavy atom. The number of aromatic carboxylic acids is 1. The van der Waals surface area contributed by atoms with Crippen molar-refractivity contribution in [3.63, 3.8) is 0 Å². The molecular weight excluding hydrogens is 236 g/mol. The normalized spacial score (nSPS) is 11.0. The van der Waals surface area contributed by atoms with Crippen molar-refractivity contribution in [1.29, 1.82) is 0 Å². The van der Waals surface area contributed by atoms with Gasteiger partial charge in [-0.3, -0.25) is 0 Å². The molecule has 0 saturated heterocycles. The van der Waals surface area contributed by atoms with Crippen LogP contribution in [0.5, 0.6) is 0 Å². The predicted molar refractivity (Wildman–Crippen MR) is 80.4 cm³/mol. The molecule has 0 saturated carbocycles. The van der Waals surface area contributed by atoms with Crippen LogP contribution in [0.4, 0.5) is 0 Å². The lowest BCUT2D eigenvalue weighted by Gasteiger charge is -2.00. The number of carboxylic acid groups (broad SMARTS) is 1. The first-order valence-corrected chi connectivity index (χ1v) is 7.24. The third kappa shape index (κ3) is 6.23. The lowest BCUT2D eigenvalue weighted by molar-refractivity contribution is 0.0696. The molecule has 0 aromatic heterocycles. The van der Waals surface area contributed by atoms with Crippen LogP contribution in [-0.2, 0) is 0 Å². The maximum absolute atomic E-state index is 11.0. The van der Waals surface area contributed by atoms with Crippen molar-refractivity contribution < 1.29 is 9.90 Å². The molecule has 2 nitrogen and oxygen atoms in total. The van der Waals surface area contributed by atoms with E-state index in [1.54, 1.807) is 12.1 Å². The van der Waals surface area contributed by atoms with Crippen LogP contribution in [0.15, 0.2) is 30.3 Å². The Hall–Kier alpha value is -1.57. The van der Waals surface area contributed by atoms with Crippen LogP contribution in [0.2, 0.25) is 0 Å². The van der Waals surface area contributed by atoms with Gasteiger partial charge in [0.05, 0.1) is 5.56 Å². The molecular formula is C17H24O2. The number of unbranched alkanes of at least 4 members (excludes halogenated alkanes) is 6. The first kappa shape index (κ1) is 15.5. The molecule has 1 N–H and O–H groups in total. The number of hydrogen-bond donors (Lipinski definition) is 1. The lowest BCUT2D eigenvalue weighted by atomic mass is 10.1. The molecule has 0 atom stereocenters. The largest absolute Gasteiger partial charge is 0.478 e. The fourth-order valence-corrected chi connectivity index (χ4v) is 2.09. The minimum atomic E-state index is -0.861. The van der Waals surface area contributed by atoms with Gasteiger partial charge in [0.25, 0.3) is 0 Å². The van der Waals surface area contributed by atoms with Crippen molar-refractivity contribution in [2.75, 3.05) is 0 Å². The average molecular weight is 260 g/mol. The number of carboxylic acids is 1. The Labute approximate surface area is 116 Å². The molecule has 0 heterocycles. The van der Waals surface area contributed by atoms with E-state index in [-0.39, 0.29) is 0 Å². The third-order valence-electron chi connectivity index (χ3n) is 3.21. The Morgan fingerprint density at radius 3 is 2.53 bits per heavy atom. The van der Waals surface area contributed by atoms with Gasteiger partial charge >= 0.3 is 5.97 Å². The van der Waals surface area contributed by atoms with E-state index in [4.69, 9.17) is 5.11 Å². The summed E-state index contributed by atoms with van der Waals surface area (Å²) in [5, 5.41) is 9.05. The number of allylic oxidation sites excluding steroid dienone is 1. The van der Waals surface area contributed by atoms with Gasteiger partial charge in [0.1, 0.15) is 0 Å². The average Bonchev–Trinajstić information content (AvgIpc) is 2.42. The van der Waals surface area contributed by atoms with Gasteiger partial charge < -0.3 is 5.11 Å². The molecule has 1 rings (SSSR count). The summed E-state index contributed by atoms with van der Waals surface area (Å²) in [6, 6.07) is 7.12. The number of carbonyl (C=O) groups is 1. The summed E-state index contributed by atoms with van der Waals surface area (Å²) in [5.74, 6) is -0.861. The summed E-state index contributed by atoms with van der Waals surface area (Å²) in [6.45, 7) is 2.22. The SMILES string of the molecule is CCCCCCCCC=Cc1ccccc1C(=O)O. The fraction of sp³-hybridized carbons (Fsp3) is 0.471. The minimum absolute atomic E-state index is 0.377. The lowest BCUT2D eigenvalue weighted by Crippen LogP contribution is -1.98. The highest BCUT2D eigenvalue weighted by molar-refractivity contribution is 5.92. The Bertz CT molecular complexity index is 407. The molecule has 0 fully saturated rings. The van der Waals surface area contributed by atoms with E-state index in [2.05, 4.69) is 13.0 Å². The van der Waals surface area contributed by atoms with Crippen molar-refractivity contribution in [2.24, 2.45) is 0 Å². The Morgan fingerprint density at radius 1 is 1.11 bits per heavy atom. The van der Waals surface area contributed by atoms with Crippen molar-refractivity contribution in [3.8, 4) is 0 Å². The molecule has 0 radical (unpaired) electrons. The number of hydrogen-bond acceptors (Lipinski definition) is 1. The fourth-order valence-electron chi connectivity index (χ4n) is 2.09. The minimum Gasteiger partial charge on any atom is -0.478 e. The quantitative estimate of drug-likeness (QED) is 0.623. The van der Waals surface area contributed by atoms with Gasteiger partial charge in [-0.05, 0) is 24.5 Å². The molecule has 0 aliphatic heterocycles. The van der Waals surface area contributed by atoms with Gasteiger partial charge in [-0.1, -0.05) is 69.4 Å². The molecule has 1 aromatic rings. The van der Waals surface area contributed by atoms with E-state index >= 15 is 0 Å². The highest BCUT2D eigenvalue weighted by atomic mass is 16.4. The van der Waals surface area contributed by atoms with E-state index < -0.39 is 5.97 Å². The molecule has 1 aromatic carbocycles. The van der Waals surface area contributed by atoms with Gasteiger partial charge in [0.15, 0.2) is 0 Å². The van der Waals surface area contributed by atoms with Gasteiger partial charge in [-0.25, -0.2) is 4.79 Å². The second-order valence-corrected chi connectivity index (χ2v) is 4.85. The molecule has 0 aliphatic rings. The Kier molecular flexibility index (Phi) is 7.64. The van der Waals surface area contributed by atoms with Crippen LogP contribution in [-0.4, -0.2) is 11.1 Å². The zero-order valence-electron chi connectivity index (χ0n) is 11.8. The van der Waals surface area contributed by atoms with Crippen molar-refractivity contribution in [1.82, 2.24) is 0 Å². The van der Waals surface area contributed by atoms with E-state index in [0.29, 0.717) is 5.56 Å². The Balaban J connectivity index is 2.31. The summed E-state index contributed by atoms with van der Waals surface area (Å²) in [6.07, 6.45) is 12.8. The molecule has 0 bridgehead atoms. The summed E-state index contributed by atoms with van der Waals surface area (Å²) in [7, 11) is 0. The van der Waals surface area contributed by atoms with Crippen LogP contribution in [0.3, 0.4) is 0 Å². The van der Waals surface area contributed by atoms with Crippen molar-refractivity contribution in [2.45, 2.75) is 51.9 Å². The molecule has 104 valence electrons. The smallest absolute Gasteiger partial charge is 0.336 e. The number of benzene rings is 1. The van der Waals surface area contributed by atoms with Crippen LogP contribution in [0.1, 0.15) is 67.8 Å². The van der Waals surface area contributed by atoms with Gasteiger partial charge in [0.2, 0.25) is 0 Å². The van der Waals surface area contributed by atoms with Crippen LogP contribution in [0.25, 0.3) is 6.08 Å². The van der Waals surface area contributed by atoms with E-state index in [9.17, 15) is 4.79 Å². The highest BCUT2D eigenvalue weighted by Crippen LogP contribution is 2.12. The summed E-state index contributed by atoms with van der Waals surface area (Å²) in [5.41, 5.74) is 1.17. The molecule has 0 aliphatic carbocycles. The first-order chi connectivity index (χ1) is 9.25. The van der Waals surface area contributed by atoms with Crippen LogP contribution in [0, 0.1) is 0 Å². The molecule has 0 amide bonds. The summed E-state index contributed by atoms with van der Waals surface area (Å²) < 4.78 is 0. The first-order valence-electron chi connectivity index (χ1n) is 7.24. The topological polar surface area (TPSA) is 37.3 Å².